The summed E-state index contributed by atoms with van der Waals surface area (Å²) in [6.07, 6.45) is -17.2. The van der Waals surface area contributed by atoms with E-state index in [-0.39, 0.29) is 0 Å². The van der Waals surface area contributed by atoms with Gasteiger partial charge in [-0.05, 0) is 0 Å². The quantitative estimate of drug-likeness (QED) is 0.182. The molecule has 0 saturated carbocycles. The SMILES string of the molecule is O=P(O)(O)OC[C@H]1O[C@H](O[C@@H]2[C@@H](O)[C@H](O)[C@@H](CO)O[C@@H]2O)[C@H](O)[C@@H](O)[C@H]1O. The minimum atomic E-state index is -4.92. The molecule has 9 N–H and O–H groups in total. The molecule has 2 saturated heterocycles. The molecule has 27 heavy (non-hydrogen) atoms. The topological polar surface area (TPSA) is 236 Å². The van der Waals surface area contributed by atoms with Crippen LogP contribution in [-0.2, 0) is 23.3 Å². The van der Waals surface area contributed by atoms with Crippen LogP contribution in [0, 0.1) is 0 Å². The van der Waals surface area contributed by atoms with Crippen molar-refractivity contribution in [1.82, 2.24) is 0 Å². The van der Waals surface area contributed by atoms with Crippen molar-refractivity contribution in [3.63, 3.8) is 0 Å². The maximum Gasteiger partial charge on any atom is 0.469 e. The van der Waals surface area contributed by atoms with Crippen molar-refractivity contribution in [2.45, 2.75) is 61.4 Å². The molecular formula is C12H23O14P. The van der Waals surface area contributed by atoms with Gasteiger partial charge in [0.05, 0.1) is 13.2 Å². The molecule has 0 aromatic heterocycles. The standard InChI is InChI=1S/C12H23O14P/c13-1-3-5(14)8(17)10(11(19)24-3)26-12-9(18)7(16)6(15)4(25-12)2-23-27(20,21)22/h3-19H,1-2H2,(H2,20,21,22)/t3-,4-,5-,6+,7+,8+,9-,10-,11+,12-/m1/s1. The number of phosphoric acid groups is 1. The van der Waals surface area contributed by atoms with Crippen LogP contribution in [0.4, 0.5) is 0 Å². The Morgan fingerprint density at radius 2 is 1.41 bits per heavy atom. The largest absolute Gasteiger partial charge is 0.469 e. The lowest BCUT2D eigenvalue weighted by Crippen LogP contribution is -2.64. The number of rotatable bonds is 6. The molecule has 0 radical (unpaired) electrons. The Kier molecular flexibility index (Phi) is 7.68. The lowest BCUT2D eigenvalue weighted by molar-refractivity contribution is -0.361. The highest BCUT2D eigenvalue weighted by Crippen LogP contribution is 2.37. The number of ether oxygens (including phenoxy) is 3. The zero-order chi connectivity index (χ0) is 20.5. The van der Waals surface area contributed by atoms with Crippen LogP contribution in [0.1, 0.15) is 0 Å². The van der Waals surface area contributed by atoms with Crippen LogP contribution in [0.2, 0.25) is 0 Å². The van der Waals surface area contributed by atoms with Crippen LogP contribution in [-0.4, -0.2) is 120 Å². The van der Waals surface area contributed by atoms with Gasteiger partial charge in [-0.15, -0.1) is 0 Å². The van der Waals surface area contributed by atoms with Crippen LogP contribution in [0.15, 0.2) is 0 Å². The molecular weight excluding hydrogens is 399 g/mol. The maximum atomic E-state index is 10.8. The number of aliphatic hydroxyl groups excluding tert-OH is 7. The van der Waals surface area contributed by atoms with E-state index >= 15 is 0 Å². The molecule has 0 aromatic rings. The molecule has 2 aliphatic heterocycles. The van der Waals surface area contributed by atoms with Crippen molar-refractivity contribution in [3.8, 4) is 0 Å². The van der Waals surface area contributed by atoms with Crippen molar-refractivity contribution >= 4 is 7.82 Å². The minimum absolute atomic E-state index is 0.711. The molecule has 2 rings (SSSR count). The smallest absolute Gasteiger partial charge is 0.394 e. The Balaban J connectivity index is 2.08. The van der Waals surface area contributed by atoms with E-state index in [0.29, 0.717) is 0 Å². The fourth-order valence-electron chi connectivity index (χ4n) is 2.71. The Morgan fingerprint density at radius 1 is 0.815 bits per heavy atom. The molecule has 0 aromatic carbocycles. The Bertz CT molecular complexity index is 528. The first-order valence-electron chi connectivity index (χ1n) is 7.82. The van der Waals surface area contributed by atoms with Crippen molar-refractivity contribution in [3.05, 3.63) is 0 Å². The minimum Gasteiger partial charge on any atom is -0.394 e. The molecule has 15 heteroatoms. The summed E-state index contributed by atoms with van der Waals surface area (Å²) in [5.41, 5.74) is 0. The third-order valence-electron chi connectivity index (χ3n) is 4.21. The average Bonchev–Trinajstić information content (AvgIpc) is 2.59. The van der Waals surface area contributed by atoms with Gasteiger partial charge in [-0.1, -0.05) is 0 Å². The fourth-order valence-corrected chi connectivity index (χ4v) is 3.05. The molecule has 0 unspecified atom stereocenters. The molecule has 2 fully saturated rings. The van der Waals surface area contributed by atoms with E-state index in [1.807, 2.05) is 0 Å². The monoisotopic (exact) mass is 422 g/mol. The number of phosphoric ester groups is 1. The van der Waals surface area contributed by atoms with Crippen LogP contribution >= 0.6 is 7.82 Å². The third-order valence-corrected chi connectivity index (χ3v) is 4.69. The molecule has 0 amide bonds. The van der Waals surface area contributed by atoms with E-state index in [2.05, 4.69) is 4.52 Å². The maximum absolute atomic E-state index is 10.8. The van der Waals surface area contributed by atoms with E-state index in [1.165, 1.54) is 0 Å². The van der Waals surface area contributed by atoms with Crippen molar-refractivity contribution in [2.24, 2.45) is 0 Å². The fraction of sp³-hybridized carbons (Fsp3) is 1.00. The highest BCUT2D eigenvalue weighted by Gasteiger charge is 2.50. The zero-order valence-corrected chi connectivity index (χ0v) is 14.6. The summed E-state index contributed by atoms with van der Waals surface area (Å²) in [4.78, 5) is 17.4. The number of hydrogen-bond acceptors (Lipinski definition) is 12. The second-order valence-electron chi connectivity index (χ2n) is 6.13. The highest BCUT2D eigenvalue weighted by atomic mass is 31.2. The van der Waals surface area contributed by atoms with Gasteiger partial charge in [0.15, 0.2) is 12.6 Å². The van der Waals surface area contributed by atoms with Crippen LogP contribution in [0.3, 0.4) is 0 Å². The predicted octanol–water partition coefficient (Wildman–Crippen LogP) is -5.28. The predicted molar refractivity (Wildman–Crippen MR) is 79.5 cm³/mol. The second kappa shape index (κ2) is 9.02. The molecule has 2 heterocycles. The lowest BCUT2D eigenvalue weighted by Gasteiger charge is -2.45. The van der Waals surface area contributed by atoms with Gasteiger partial charge in [-0.25, -0.2) is 4.57 Å². The first-order valence-corrected chi connectivity index (χ1v) is 9.35. The summed E-state index contributed by atoms with van der Waals surface area (Å²) >= 11 is 0. The summed E-state index contributed by atoms with van der Waals surface area (Å²) in [6.45, 7) is -1.59. The second-order valence-corrected chi connectivity index (χ2v) is 7.37. The van der Waals surface area contributed by atoms with E-state index in [0.717, 1.165) is 0 Å². The molecule has 160 valence electrons. The Hall–Kier alpha value is -0.290. The van der Waals surface area contributed by atoms with E-state index in [9.17, 15) is 35.2 Å². The Labute approximate surface area is 152 Å². The molecule has 0 spiro atoms. The van der Waals surface area contributed by atoms with Gasteiger partial charge >= 0.3 is 7.82 Å². The Morgan fingerprint density at radius 3 is 1.96 bits per heavy atom. The molecule has 10 atom stereocenters. The summed E-state index contributed by atoms with van der Waals surface area (Å²) in [6, 6.07) is 0. The van der Waals surface area contributed by atoms with E-state index in [4.69, 9.17) is 29.1 Å². The van der Waals surface area contributed by atoms with Crippen molar-refractivity contribution in [1.29, 1.82) is 0 Å². The molecule has 14 nitrogen and oxygen atoms in total. The van der Waals surface area contributed by atoms with Gasteiger partial charge in [0, 0.05) is 0 Å². The lowest BCUT2D eigenvalue weighted by atomic mass is 9.97. The summed E-state index contributed by atoms with van der Waals surface area (Å²) in [5, 5.41) is 68.4. The van der Waals surface area contributed by atoms with Gasteiger partial charge in [0.2, 0.25) is 0 Å². The first kappa shape index (κ1) is 23.0. The van der Waals surface area contributed by atoms with Gasteiger partial charge in [0.25, 0.3) is 0 Å². The van der Waals surface area contributed by atoms with Crippen LogP contribution in [0.5, 0.6) is 0 Å². The van der Waals surface area contributed by atoms with Gasteiger partial charge < -0.3 is 59.7 Å². The number of hydrogen-bond donors (Lipinski definition) is 9. The van der Waals surface area contributed by atoms with Crippen molar-refractivity contribution in [2.75, 3.05) is 13.2 Å². The summed E-state index contributed by atoms with van der Waals surface area (Å²) < 4.78 is 30.1. The summed E-state index contributed by atoms with van der Waals surface area (Å²) in [5.74, 6) is 0. The highest BCUT2D eigenvalue weighted by molar-refractivity contribution is 7.46. The van der Waals surface area contributed by atoms with Crippen molar-refractivity contribution < 1.29 is 68.8 Å². The zero-order valence-electron chi connectivity index (χ0n) is 13.7. The molecule has 0 aliphatic carbocycles. The first-order chi connectivity index (χ1) is 12.5. The average molecular weight is 422 g/mol. The molecule has 2 aliphatic rings. The number of aliphatic hydroxyl groups is 7. The molecule has 0 bridgehead atoms. The van der Waals surface area contributed by atoms with Crippen LogP contribution in [0.25, 0.3) is 0 Å². The van der Waals surface area contributed by atoms with Crippen LogP contribution < -0.4 is 0 Å². The third kappa shape index (κ3) is 5.41. The van der Waals surface area contributed by atoms with Gasteiger partial charge in [-0.3, -0.25) is 4.52 Å². The normalized spacial score (nSPS) is 46.4. The van der Waals surface area contributed by atoms with Gasteiger partial charge in [0.1, 0.15) is 48.8 Å². The van der Waals surface area contributed by atoms with Gasteiger partial charge in [-0.2, -0.15) is 0 Å². The van der Waals surface area contributed by atoms with E-state index in [1.54, 1.807) is 0 Å². The summed E-state index contributed by atoms with van der Waals surface area (Å²) in [7, 11) is -4.92. The van der Waals surface area contributed by atoms with E-state index < -0.39 is 82.4 Å².